The molecule has 0 atom stereocenters. The van der Waals surface area contributed by atoms with Crippen LogP contribution in [0, 0.1) is 0 Å². The van der Waals surface area contributed by atoms with Crippen LogP contribution in [0.5, 0.6) is 0 Å². The lowest BCUT2D eigenvalue weighted by molar-refractivity contribution is 0.0636. The van der Waals surface area contributed by atoms with E-state index < -0.39 is 18.8 Å². The number of hydrogen-bond acceptors (Lipinski definition) is 3. The predicted octanol–water partition coefficient (Wildman–Crippen LogP) is 3.43. The number of carbonyl (C=O) groups is 1. The van der Waals surface area contributed by atoms with Gasteiger partial charge in [0.05, 0.1) is 0 Å². The first-order valence-corrected chi connectivity index (χ1v) is 8.55. The van der Waals surface area contributed by atoms with Crippen molar-refractivity contribution in [2.75, 3.05) is 17.6 Å². The van der Waals surface area contributed by atoms with Crippen LogP contribution in [0.15, 0.2) is 24.3 Å². The summed E-state index contributed by atoms with van der Waals surface area (Å²) >= 11 is 0. The van der Waals surface area contributed by atoms with Crippen molar-refractivity contribution in [1.29, 1.82) is 0 Å². The van der Waals surface area contributed by atoms with Crippen LogP contribution >= 0.6 is 7.14 Å². The first-order valence-electron chi connectivity index (χ1n) is 6.47. The molecule has 1 heterocycles. The molecule has 1 N–H and O–H groups in total. The highest BCUT2D eigenvalue weighted by Gasteiger charge is 2.32. The second-order valence-electron chi connectivity index (χ2n) is 5.87. The zero-order chi connectivity index (χ0) is 14.1. The Morgan fingerprint density at radius 3 is 2.53 bits per heavy atom. The number of carbonyl (C=O) groups excluding carboxylic acids is 1. The minimum atomic E-state index is -2.15. The number of hydrogen-bond donors (Lipinski definition) is 1. The van der Waals surface area contributed by atoms with Gasteiger partial charge in [0.1, 0.15) is 12.7 Å². The number of anilines is 1. The smallest absolute Gasteiger partial charge is 0.412 e. The summed E-state index contributed by atoms with van der Waals surface area (Å²) in [7, 11) is -2.15. The molecule has 1 aliphatic heterocycles. The molecule has 19 heavy (non-hydrogen) atoms. The van der Waals surface area contributed by atoms with Crippen LogP contribution in [0.4, 0.5) is 10.5 Å². The average molecular weight is 281 g/mol. The highest BCUT2D eigenvalue weighted by Crippen LogP contribution is 2.53. The Labute approximate surface area is 113 Å². The summed E-state index contributed by atoms with van der Waals surface area (Å²) in [5, 5.41) is 3.53. The van der Waals surface area contributed by atoms with Crippen LogP contribution in [0.2, 0.25) is 0 Å². The lowest BCUT2D eigenvalue weighted by atomic mass is 10.2. The van der Waals surface area contributed by atoms with Crippen molar-refractivity contribution >= 4 is 24.2 Å². The summed E-state index contributed by atoms with van der Waals surface area (Å²) in [6.45, 7) is 5.45. The van der Waals surface area contributed by atoms with Gasteiger partial charge in [0.2, 0.25) is 0 Å². The highest BCUT2D eigenvalue weighted by molar-refractivity contribution is 7.73. The molecule has 1 aromatic rings. The molecular weight excluding hydrogens is 261 g/mol. The van der Waals surface area contributed by atoms with Gasteiger partial charge in [-0.3, -0.25) is 5.32 Å². The molecule has 1 saturated heterocycles. The predicted molar refractivity (Wildman–Crippen MR) is 77.9 cm³/mol. The number of benzene rings is 1. The number of nitrogens with one attached hydrogen (secondary N) is 1. The molecule has 1 amide bonds. The van der Waals surface area contributed by atoms with E-state index in [1.54, 1.807) is 12.1 Å². The van der Waals surface area contributed by atoms with Gasteiger partial charge in [-0.05, 0) is 39.3 Å². The summed E-state index contributed by atoms with van der Waals surface area (Å²) in [4.78, 5) is 11.7. The van der Waals surface area contributed by atoms with E-state index >= 15 is 0 Å². The number of rotatable bonds is 2. The number of amides is 1. The van der Waals surface area contributed by atoms with Crippen LogP contribution in [0.1, 0.15) is 27.2 Å². The fourth-order valence-electron chi connectivity index (χ4n) is 1.96. The van der Waals surface area contributed by atoms with Crippen LogP contribution < -0.4 is 10.6 Å². The standard InChI is InChI=1S/C14H20NO3P/c1-14(2,3)18-13(16)15-11-6-4-7-12(10-11)19(17)8-5-9-19/h4,6-7,10H,5,8-9H2,1-3H3,(H,15,16). The quantitative estimate of drug-likeness (QED) is 0.845. The van der Waals surface area contributed by atoms with Gasteiger partial charge in [-0.25, -0.2) is 4.79 Å². The second-order valence-corrected chi connectivity index (χ2v) is 9.06. The SMILES string of the molecule is CC(C)(C)OC(=O)Nc1cccc(P2(=O)CCC2)c1. The maximum Gasteiger partial charge on any atom is 0.412 e. The minimum absolute atomic E-state index is 0.489. The normalized spacial score (nSPS) is 17.4. The van der Waals surface area contributed by atoms with Gasteiger partial charge in [-0.1, -0.05) is 12.1 Å². The molecular formula is C14H20NO3P. The van der Waals surface area contributed by atoms with Gasteiger partial charge in [-0.2, -0.15) is 0 Å². The van der Waals surface area contributed by atoms with Crippen LogP contribution in [0.25, 0.3) is 0 Å². The summed E-state index contributed by atoms with van der Waals surface area (Å²) in [5.74, 6) is 0. The van der Waals surface area contributed by atoms with Crippen molar-refractivity contribution in [2.24, 2.45) is 0 Å². The van der Waals surface area contributed by atoms with Gasteiger partial charge in [0.15, 0.2) is 0 Å². The first-order chi connectivity index (χ1) is 8.78. The maximum atomic E-state index is 12.4. The van der Waals surface area contributed by atoms with Crippen LogP contribution in [-0.4, -0.2) is 24.0 Å². The van der Waals surface area contributed by atoms with Crippen LogP contribution in [-0.2, 0) is 9.30 Å². The zero-order valence-electron chi connectivity index (χ0n) is 11.6. The van der Waals surface area contributed by atoms with Crippen molar-refractivity contribution in [3.05, 3.63) is 24.3 Å². The monoisotopic (exact) mass is 281 g/mol. The largest absolute Gasteiger partial charge is 0.444 e. The van der Waals surface area contributed by atoms with E-state index in [2.05, 4.69) is 5.32 Å². The van der Waals surface area contributed by atoms with E-state index in [4.69, 9.17) is 4.74 Å². The molecule has 0 spiro atoms. The highest BCUT2D eigenvalue weighted by atomic mass is 31.2. The Morgan fingerprint density at radius 2 is 2.00 bits per heavy atom. The Morgan fingerprint density at radius 1 is 1.32 bits per heavy atom. The molecule has 1 aliphatic rings. The van der Waals surface area contributed by atoms with E-state index in [-0.39, 0.29) is 0 Å². The molecule has 2 rings (SSSR count). The van der Waals surface area contributed by atoms with Gasteiger partial charge < -0.3 is 9.30 Å². The first kappa shape index (κ1) is 14.1. The maximum absolute atomic E-state index is 12.4. The van der Waals surface area contributed by atoms with Gasteiger partial charge in [-0.15, -0.1) is 0 Å². The summed E-state index contributed by atoms with van der Waals surface area (Å²) in [5.41, 5.74) is 0.108. The zero-order valence-corrected chi connectivity index (χ0v) is 12.5. The third kappa shape index (κ3) is 3.60. The average Bonchev–Trinajstić information content (AvgIpc) is 2.23. The minimum Gasteiger partial charge on any atom is -0.444 e. The van der Waals surface area contributed by atoms with E-state index in [1.165, 1.54) is 0 Å². The van der Waals surface area contributed by atoms with Crippen molar-refractivity contribution < 1.29 is 14.1 Å². The molecule has 1 fully saturated rings. The molecule has 0 radical (unpaired) electrons. The molecule has 0 aliphatic carbocycles. The van der Waals surface area contributed by atoms with Gasteiger partial charge in [0.25, 0.3) is 0 Å². The Kier molecular flexibility index (Phi) is 3.73. The molecule has 5 heteroatoms. The van der Waals surface area contributed by atoms with E-state index in [9.17, 15) is 9.36 Å². The van der Waals surface area contributed by atoms with Crippen molar-refractivity contribution in [2.45, 2.75) is 32.8 Å². The fraction of sp³-hybridized carbons (Fsp3) is 0.500. The summed E-state index contributed by atoms with van der Waals surface area (Å²) in [6, 6.07) is 7.27. The fourth-order valence-corrected chi connectivity index (χ4v) is 4.10. The van der Waals surface area contributed by atoms with Gasteiger partial charge >= 0.3 is 6.09 Å². The topological polar surface area (TPSA) is 55.4 Å². The van der Waals surface area contributed by atoms with Crippen molar-refractivity contribution in [1.82, 2.24) is 0 Å². The Hall–Kier alpha value is -1.28. The molecule has 104 valence electrons. The molecule has 4 nitrogen and oxygen atoms in total. The third-order valence-electron chi connectivity index (χ3n) is 3.00. The molecule has 0 aromatic heterocycles. The molecule has 0 bridgehead atoms. The summed E-state index contributed by atoms with van der Waals surface area (Å²) in [6.07, 6.45) is 2.10. The second kappa shape index (κ2) is 5.01. The number of ether oxygens (including phenoxy) is 1. The Bertz CT molecular complexity index is 526. The molecule has 1 aromatic carbocycles. The van der Waals surface area contributed by atoms with E-state index in [0.717, 1.165) is 24.0 Å². The lowest BCUT2D eigenvalue weighted by Crippen LogP contribution is -2.27. The molecule has 0 saturated carbocycles. The van der Waals surface area contributed by atoms with Crippen LogP contribution in [0.3, 0.4) is 0 Å². The molecule has 0 unspecified atom stereocenters. The summed E-state index contributed by atoms with van der Waals surface area (Å²) < 4.78 is 17.6. The van der Waals surface area contributed by atoms with Crippen molar-refractivity contribution in [3.8, 4) is 0 Å². The third-order valence-corrected chi connectivity index (χ3v) is 6.30. The van der Waals surface area contributed by atoms with Crippen molar-refractivity contribution in [3.63, 3.8) is 0 Å². The Balaban J connectivity index is 2.07. The van der Waals surface area contributed by atoms with Gasteiger partial charge in [0, 0.05) is 23.3 Å². The van der Waals surface area contributed by atoms with E-state index in [1.807, 2.05) is 32.9 Å². The lowest BCUT2D eigenvalue weighted by Gasteiger charge is -2.27. The van der Waals surface area contributed by atoms with E-state index in [0.29, 0.717) is 5.69 Å².